The van der Waals surface area contributed by atoms with Gasteiger partial charge >= 0.3 is 5.97 Å². The van der Waals surface area contributed by atoms with Crippen LogP contribution in [-0.2, 0) is 9.30 Å². The van der Waals surface area contributed by atoms with Gasteiger partial charge in [0.1, 0.15) is 0 Å². The van der Waals surface area contributed by atoms with E-state index in [0.717, 1.165) is 12.8 Å². The molecule has 6 nitrogen and oxygen atoms in total. The molecule has 0 heterocycles. The van der Waals surface area contributed by atoms with Crippen molar-refractivity contribution in [1.29, 1.82) is 0 Å². The SMILES string of the molecule is CCCCC(=O)c1ccc(C(=O)CCCP(C)(=O)C(C)(C)CCOC(=O)c2ccc(C(C)=O)cc2)cc1. The summed E-state index contributed by atoms with van der Waals surface area (Å²) < 4.78 is 18.9. The van der Waals surface area contributed by atoms with Crippen molar-refractivity contribution in [3.8, 4) is 0 Å². The molecule has 0 aromatic heterocycles. The lowest BCUT2D eigenvalue weighted by Crippen LogP contribution is -2.25. The molecule has 0 amide bonds. The molecule has 0 aliphatic carbocycles. The van der Waals surface area contributed by atoms with Gasteiger partial charge in [-0.3, -0.25) is 14.4 Å². The van der Waals surface area contributed by atoms with E-state index in [4.69, 9.17) is 4.74 Å². The topological polar surface area (TPSA) is 94.6 Å². The van der Waals surface area contributed by atoms with Crippen molar-refractivity contribution < 1.29 is 28.5 Å². The minimum Gasteiger partial charge on any atom is -0.462 e. The first-order valence-corrected chi connectivity index (χ1v) is 15.2. The second kappa shape index (κ2) is 13.6. The van der Waals surface area contributed by atoms with Crippen molar-refractivity contribution in [2.24, 2.45) is 0 Å². The molecule has 2 aromatic carbocycles. The number of esters is 1. The number of hydrogen-bond acceptors (Lipinski definition) is 6. The summed E-state index contributed by atoms with van der Waals surface area (Å²) in [5, 5.41) is -0.560. The minimum atomic E-state index is -2.65. The quantitative estimate of drug-likeness (QED) is 0.138. The molecule has 0 fully saturated rings. The van der Waals surface area contributed by atoms with Crippen molar-refractivity contribution in [3.63, 3.8) is 0 Å². The van der Waals surface area contributed by atoms with Crippen molar-refractivity contribution >= 4 is 30.5 Å². The lowest BCUT2D eigenvalue weighted by molar-refractivity contribution is 0.0491. The second-order valence-electron chi connectivity index (χ2n) is 10.3. The monoisotopic (exact) mass is 526 g/mol. The van der Waals surface area contributed by atoms with Crippen molar-refractivity contribution in [1.82, 2.24) is 0 Å². The Labute approximate surface area is 220 Å². The first-order chi connectivity index (χ1) is 17.4. The van der Waals surface area contributed by atoms with Gasteiger partial charge in [0.25, 0.3) is 0 Å². The summed E-state index contributed by atoms with van der Waals surface area (Å²) in [6.07, 6.45) is 3.95. The summed E-state index contributed by atoms with van der Waals surface area (Å²) in [4.78, 5) is 48.4. The number of Topliss-reactive ketones (excluding diaryl/α,β-unsaturated/α-hetero) is 3. The second-order valence-corrected chi connectivity index (χ2v) is 14.1. The van der Waals surface area contributed by atoms with Gasteiger partial charge in [0.05, 0.1) is 19.3 Å². The molecule has 1 unspecified atom stereocenters. The van der Waals surface area contributed by atoms with Gasteiger partial charge in [-0.25, -0.2) is 4.79 Å². The molecule has 0 bridgehead atoms. The van der Waals surface area contributed by atoms with Crippen LogP contribution in [0.4, 0.5) is 0 Å². The molecular formula is C30H39O6P. The molecular weight excluding hydrogens is 487 g/mol. The highest BCUT2D eigenvalue weighted by atomic mass is 31.2. The predicted octanol–water partition coefficient (Wildman–Crippen LogP) is 7.24. The van der Waals surface area contributed by atoms with Crippen LogP contribution in [-0.4, -0.2) is 47.9 Å². The first-order valence-electron chi connectivity index (χ1n) is 12.9. The van der Waals surface area contributed by atoms with Gasteiger partial charge in [0.2, 0.25) is 0 Å². The molecule has 2 aromatic rings. The number of ketones is 3. The number of rotatable bonds is 15. The van der Waals surface area contributed by atoms with Crippen LogP contribution in [0.2, 0.25) is 0 Å². The van der Waals surface area contributed by atoms with Crippen molar-refractivity contribution in [3.05, 3.63) is 70.8 Å². The van der Waals surface area contributed by atoms with E-state index in [2.05, 4.69) is 0 Å². The number of carbonyl (C=O) groups is 4. The highest BCUT2D eigenvalue weighted by Crippen LogP contribution is 2.56. The number of ether oxygens (including phenoxy) is 1. The van der Waals surface area contributed by atoms with Gasteiger partial charge < -0.3 is 9.30 Å². The standard InChI is InChI=1S/C30H39O6P/c1-6-7-9-27(32)24-13-15-25(16-14-24)28(33)10-8-21-37(5,35)30(3,4)19-20-36-29(34)26-17-11-23(12-18-26)22(2)31/h11-18H,6-10,19-21H2,1-5H3. The molecule has 0 aliphatic heterocycles. The fourth-order valence-electron chi connectivity index (χ4n) is 3.87. The van der Waals surface area contributed by atoms with E-state index in [1.54, 1.807) is 55.2 Å². The Morgan fingerprint density at radius 1 is 0.784 bits per heavy atom. The molecule has 0 N–H and O–H groups in total. The average molecular weight is 527 g/mol. The van der Waals surface area contributed by atoms with Crippen LogP contribution in [0.3, 0.4) is 0 Å². The summed E-state index contributed by atoms with van der Waals surface area (Å²) in [6.45, 7) is 9.18. The average Bonchev–Trinajstić information content (AvgIpc) is 2.86. The molecule has 0 spiro atoms. The van der Waals surface area contributed by atoms with Crippen LogP contribution >= 0.6 is 7.14 Å². The largest absolute Gasteiger partial charge is 0.462 e. The predicted molar refractivity (Wildman–Crippen MR) is 148 cm³/mol. The smallest absolute Gasteiger partial charge is 0.338 e. The number of unbranched alkanes of at least 4 members (excludes halogenated alkanes) is 1. The van der Waals surface area contributed by atoms with Gasteiger partial charge in [-0.2, -0.15) is 0 Å². The lowest BCUT2D eigenvalue weighted by Gasteiger charge is -2.32. The van der Waals surface area contributed by atoms with Crippen LogP contribution in [0.5, 0.6) is 0 Å². The van der Waals surface area contributed by atoms with Crippen LogP contribution in [0.25, 0.3) is 0 Å². The van der Waals surface area contributed by atoms with E-state index < -0.39 is 18.3 Å². The maximum atomic E-state index is 13.5. The molecule has 37 heavy (non-hydrogen) atoms. The van der Waals surface area contributed by atoms with Crippen LogP contribution in [0.1, 0.15) is 108 Å². The molecule has 1 atom stereocenters. The Hall–Kier alpha value is -2.85. The normalized spacial score (nSPS) is 13.0. The number of carbonyl (C=O) groups excluding carboxylic acids is 4. The third-order valence-corrected chi connectivity index (χ3v) is 11.0. The maximum absolute atomic E-state index is 13.5. The highest BCUT2D eigenvalue weighted by molar-refractivity contribution is 7.64. The maximum Gasteiger partial charge on any atom is 0.338 e. The third kappa shape index (κ3) is 8.89. The summed E-state index contributed by atoms with van der Waals surface area (Å²) in [7, 11) is -2.65. The van der Waals surface area contributed by atoms with E-state index in [1.807, 2.05) is 20.8 Å². The fourth-order valence-corrected chi connectivity index (χ4v) is 5.80. The molecule has 0 saturated carbocycles. The Morgan fingerprint density at radius 2 is 1.24 bits per heavy atom. The molecule has 200 valence electrons. The van der Waals surface area contributed by atoms with Gasteiger partial charge in [0.15, 0.2) is 17.3 Å². The Kier molecular flexibility index (Phi) is 11.2. The third-order valence-electron chi connectivity index (χ3n) is 7.03. The summed E-state index contributed by atoms with van der Waals surface area (Å²) >= 11 is 0. The zero-order chi connectivity index (χ0) is 27.6. The van der Waals surface area contributed by atoms with Gasteiger partial charge in [-0.1, -0.05) is 63.6 Å². The Morgan fingerprint density at radius 3 is 1.73 bits per heavy atom. The van der Waals surface area contributed by atoms with E-state index in [1.165, 1.54) is 6.92 Å². The van der Waals surface area contributed by atoms with Gasteiger partial charge in [-0.05, 0) is 45.0 Å². The van der Waals surface area contributed by atoms with Crippen LogP contribution in [0, 0.1) is 0 Å². The number of hydrogen-bond donors (Lipinski definition) is 0. The highest BCUT2D eigenvalue weighted by Gasteiger charge is 2.35. The van der Waals surface area contributed by atoms with E-state index in [0.29, 0.717) is 47.7 Å². The van der Waals surface area contributed by atoms with Crippen molar-refractivity contribution in [2.45, 2.75) is 71.4 Å². The van der Waals surface area contributed by atoms with Crippen molar-refractivity contribution in [2.75, 3.05) is 19.4 Å². The zero-order valence-corrected chi connectivity index (χ0v) is 23.6. The number of benzene rings is 2. The summed E-state index contributed by atoms with van der Waals surface area (Å²) in [5.74, 6) is -0.503. The van der Waals surface area contributed by atoms with E-state index in [-0.39, 0.29) is 30.4 Å². The Balaban J connectivity index is 1.82. The van der Waals surface area contributed by atoms with Gasteiger partial charge in [-0.15, -0.1) is 0 Å². The Bertz CT molecular complexity index is 1150. The molecule has 0 aliphatic rings. The molecule has 0 radical (unpaired) electrons. The van der Waals surface area contributed by atoms with E-state index in [9.17, 15) is 23.7 Å². The fraction of sp³-hybridized carbons (Fsp3) is 0.467. The van der Waals surface area contributed by atoms with Gasteiger partial charge in [0, 0.05) is 40.8 Å². The lowest BCUT2D eigenvalue weighted by atomic mass is 10.0. The zero-order valence-electron chi connectivity index (χ0n) is 22.7. The van der Waals surface area contributed by atoms with Crippen LogP contribution < -0.4 is 0 Å². The first kappa shape index (κ1) is 30.4. The summed E-state index contributed by atoms with van der Waals surface area (Å²) in [5.41, 5.74) is 2.07. The van der Waals surface area contributed by atoms with Crippen LogP contribution in [0.15, 0.2) is 48.5 Å². The molecule has 2 rings (SSSR count). The van der Waals surface area contributed by atoms with E-state index >= 15 is 0 Å². The minimum absolute atomic E-state index is 0.0323. The molecule has 0 saturated heterocycles. The molecule has 7 heteroatoms. The summed E-state index contributed by atoms with van der Waals surface area (Å²) in [6, 6.07) is 13.1.